The van der Waals surface area contributed by atoms with E-state index in [1.807, 2.05) is 29.3 Å². The van der Waals surface area contributed by atoms with E-state index in [1.54, 1.807) is 6.33 Å². The number of nitrogens with zero attached hydrogens (tertiary/aromatic N) is 6. The van der Waals surface area contributed by atoms with E-state index in [0.717, 1.165) is 102 Å². The maximum absolute atomic E-state index is 14.2. The van der Waals surface area contributed by atoms with Crippen LogP contribution in [0.15, 0.2) is 110 Å². The molecular formula is C44H48N8O. The number of imidazole rings is 1. The number of hydrogen-bond donors (Lipinski definition) is 2. The molecule has 0 unspecified atom stereocenters. The zero-order valence-corrected chi connectivity index (χ0v) is 30.7. The molecule has 2 atom stereocenters. The summed E-state index contributed by atoms with van der Waals surface area (Å²) in [5.74, 6) is 1.78. The Bertz CT molecular complexity index is 2140. The van der Waals surface area contributed by atoms with Gasteiger partial charge in [0.2, 0.25) is 5.91 Å². The van der Waals surface area contributed by atoms with Crippen LogP contribution in [-0.2, 0) is 4.79 Å². The molecule has 2 N–H and O–H groups in total. The molecule has 270 valence electrons. The van der Waals surface area contributed by atoms with Gasteiger partial charge in [0.25, 0.3) is 0 Å². The molecule has 0 aliphatic carbocycles. The number of aromatic amines is 1. The van der Waals surface area contributed by atoms with Gasteiger partial charge in [0.1, 0.15) is 24.0 Å². The van der Waals surface area contributed by atoms with Crippen LogP contribution in [0.1, 0.15) is 69.4 Å². The van der Waals surface area contributed by atoms with E-state index in [0.29, 0.717) is 0 Å². The van der Waals surface area contributed by atoms with Gasteiger partial charge in [-0.3, -0.25) is 9.69 Å². The molecule has 0 bridgehead atoms. The molecule has 2 aliphatic rings. The Morgan fingerprint density at radius 3 is 2.30 bits per heavy atom. The minimum absolute atomic E-state index is 0.0764. The molecule has 2 saturated heterocycles. The first-order chi connectivity index (χ1) is 26.1. The van der Waals surface area contributed by atoms with Gasteiger partial charge in [-0.25, -0.2) is 15.0 Å². The largest absolute Gasteiger partial charge is 0.372 e. The third-order valence-corrected chi connectivity index (χ3v) is 11.0. The Balaban J connectivity index is 0.987. The van der Waals surface area contributed by atoms with Crippen LogP contribution in [0.4, 0.5) is 17.2 Å². The molecule has 2 aromatic heterocycles. The summed E-state index contributed by atoms with van der Waals surface area (Å²) in [5.41, 5.74) is 8.40. The lowest BCUT2D eigenvalue weighted by molar-refractivity contribution is -0.138. The fourth-order valence-corrected chi connectivity index (χ4v) is 8.08. The highest BCUT2D eigenvalue weighted by Gasteiger charge is 2.38. The maximum atomic E-state index is 14.2. The highest BCUT2D eigenvalue weighted by Crippen LogP contribution is 2.36. The first-order valence-electron chi connectivity index (χ1n) is 19.2. The quantitative estimate of drug-likeness (QED) is 0.139. The van der Waals surface area contributed by atoms with Crippen molar-refractivity contribution in [1.29, 1.82) is 0 Å². The van der Waals surface area contributed by atoms with Crippen LogP contribution in [0.3, 0.4) is 0 Å². The van der Waals surface area contributed by atoms with Crippen LogP contribution in [0, 0.1) is 0 Å². The number of aromatic nitrogens is 4. The first kappa shape index (κ1) is 34.5. The summed E-state index contributed by atoms with van der Waals surface area (Å²) in [7, 11) is 0. The van der Waals surface area contributed by atoms with Crippen molar-refractivity contribution >= 4 is 34.0 Å². The fraction of sp³-hybridized carbons (Fsp3) is 0.318. The summed E-state index contributed by atoms with van der Waals surface area (Å²) in [6.45, 7) is 8.85. The molecule has 2 aliphatic heterocycles. The smallest absolute Gasteiger partial charge is 0.245 e. The number of nitrogens with one attached hydrogen (secondary N) is 2. The summed E-state index contributed by atoms with van der Waals surface area (Å²) in [6, 6.07) is 33.3. The number of rotatable bonds is 11. The molecule has 4 aromatic carbocycles. The molecule has 6 aromatic rings. The molecule has 2 fully saturated rings. The first-order valence-corrected chi connectivity index (χ1v) is 19.2. The van der Waals surface area contributed by atoms with Crippen molar-refractivity contribution < 1.29 is 4.79 Å². The van der Waals surface area contributed by atoms with E-state index in [2.05, 4.69) is 123 Å². The average molecular weight is 705 g/mol. The van der Waals surface area contributed by atoms with Gasteiger partial charge < -0.3 is 20.1 Å². The Hall–Kier alpha value is -5.54. The maximum Gasteiger partial charge on any atom is 0.245 e. The number of benzene rings is 4. The number of likely N-dealkylation sites (N-methyl/N-ethyl adjacent to an activating group) is 1. The number of anilines is 3. The molecule has 0 radical (unpaired) electrons. The second-order valence-electron chi connectivity index (χ2n) is 14.2. The van der Waals surface area contributed by atoms with Gasteiger partial charge in [0, 0.05) is 36.4 Å². The van der Waals surface area contributed by atoms with Crippen LogP contribution in [0.5, 0.6) is 0 Å². The standard InChI is InChI=1S/C44H48N8O/c1-3-50(4-2)41(33-12-7-5-8-13-33)44(53)52-27-11-14-40(52)43-45-29-39(49-43)32-17-15-31(16-18-32)34-19-24-38-37(28-34)42(47-30-46-38)48-35-20-22-36(23-21-35)51-25-9-6-10-26-51/h5,7-8,12-13,15-24,28-30,40-41H,3-4,6,9-11,14,25-27H2,1-2H3,(H,45,49)(H,46,47,48)/t40-,41-/m0/s1. The van der Waals surface area contributed by atoms with E-state index in [1.165, 1.54) is 24.9 Å². The normalized spacial score (nSPS) is 16.7. The Labute approximate surface area is 312 Å². The van der Waals surface area contributed by atoms with Crippen LogP contribution >= 0.6 is 0 Å². The Kier molecular flexibility index (Phi) is 10.2. The average Bonchev–Trinajstić information content (AvgIpc) is 3.92. The predicted octanol–water partition coefficient (Wildman–Crippen LogP) is 9.17. The number of carbonyl (C=O) groups excluding carboxylic acids is 1. The van der Waals surface area contributed by atoms with E-state index in [-0.39, 0.29) is 18.0 Å². The van der Waals surface area contributed by atoms with Crippen molar-refractivity contribution in [2.24, 2.45) is 0 Å². The highest BCUT2D eigenvalue weighted by atomic mass is 16.2. The van der Waals surface area contributed by atoms with Crippen LogP contribution in [-0.4, -0.2) is 68.4 Å². The van der Waals surface area contributed by atoms with Gasteiger partial charge in [-0.2, -0.15) is 0 Å². The van der Waals surface area contributed by atoms with Crippen LogP contribution < -0.4 is 10.2 Å². The minimum atomic E-state index is -0.307. The summed E-state index contributed by atoms with van der Waals surface area (Å²) in [4.78, 5) is 38.6. The van der Waals surface area contributed by atoms with E-state index >= 15 is 0 Å². The van der Waals surface area contributed by atoms with E-state index in [9.17, 15) is 4.79 Å². The van der Waals surface area contributed by atoms with Gasteiger partial charge in [-0.05, 0) is 104 Å². The van der Waals surface area contributed by atoms with Crippen LogP contribution in [0.2, 0.25) is 0 Å². The topological polar surface area (TPSA) is 93.3 Å². The number of amides is 1. The number of carbonyl (C=O) groups is 1. The third-order valence-electron chi connectivity index (χ3n) is 11.0. The molecule has 53 heavy (non-hydrogen) atoms. The SMILES string of the molecule is CCN(CC)[C@H](C(=O)N1CCC[C@H]1c1ncc(-c2ccc(-c3ccc4ncnc(Nc5ccc(N6CCCCC6)cc5)c4c3)cc2)[nH]1)c1ccccc1. The lowest BCUT2D eigenvalue weighted by atomic mass is 10.0. The summed E-state index contributed by atoms with van der Waals surface area (Å²) in [6.07, 6.45) is 9.22. The zero-order valence-electron chi connectivity index (χ0n) is 30.7. The lowest BCUT2D eigenvalue weighted by Gasteiger charge is -2.34. The van der Waals surface area contributed by atoms with Crippen molar-refractivity contribution in [3.63, 3.8) is 0 Å². The molecule has 8 rings (SSSR count). The second-order valence-corrected chi connectivity index (χ2v) is 14.2. The van der Waals surface area contributed by atoms with Crippen molar-refractivity contribution in [3.05, 3.63) is 121 Å². The molecular weight excluding hydrogens is 657 g/mol. The molecule has 9 heteroatoms. The zero-order chi connectivity index (χ0) is 36.1. The van der Waals surface area contributed by atoms with Crippen molar-refractivity contribution in [1.82, 2.24) is 29.7 Å². The van der Waals surface area contributed by atoms with Crippen LogP contribution in [0.25, 0.3) is 33.3 Å². The molecule has 4 heterocycles. The third kappa shape index (κ3) is 7.26. The van der Waals surface area contributed by atoms with Crippen molar-refractivity contribution in [2.45, 2.75) is 58.0 Å². The van der Waals surface area contributed by atoms with Crippen molar-refractivity contribution in [2.75, 3.05) is 42.9 Å². The number of likely N-dealkylation sites (tertiary alicyclic amines) is 1. The number of H-pyrrole nitrogens is 1. The fourth-order valence-electron chi connectivity index (χ4n) is 8.08. The molecule has 9 nitrogen and oxygen atoms in total. The molecule has 0 spiro atoms. The predicted molar refractivity (Wildman–Crippen MR) is 214 cm³/mol. The second kappa shape index (κ2) is 15.6. The van der Waals surface area contributed by atoms with Gasteiger partial charge in [0.15, 0.2) is 0 Å². The highest BCUT2D eigenvalue weighted by molar-refractivity contribution is 5.94. The van der Waals surface area contributed by atoms with Gasteiger partial charge in [0.05, 0.1) is 23.4 Å². The Morgan fingerprint density at radius 2 is 1.55 bits per heavy atom. The number of piperidine rings is 1. The lowest BCUT2D eigenvalue weighted by Crippen LogP contribution is -2.43. The number of hydrogen-bond acceptors (Lipinski definition) is 7. The van der Waals surface area contributed by atoms with E-state index in [4.69, 9.17) is 4.98 Å². The Morgan fingerprint density at radius 1 is 0.811 bits per heavy atom. The molecule has 0 saturated carbocycles. The summed E-state index contributed by atoms with van der Waals surface area (Å²) < 4.78 is 0. The summed E-state index contributed by atoms with van der Waals surface area (Å²) >= 11 is 0. The minimum Gasteiger partial charge on any atom is -0.372 e. The van der Waals surface area contributed by atoms with E-state index < -0.39 is 0 Å². The van der Waals surface area contributed by atoms with Crippen molar-refractivity contribution in [3.8, 4) is 22.4 Å². The summed E-state index contributed by atoms with van der Waals surface area (Å²) in [5, 5.41) is 4.51. The van der Waals surface area contributed by atoms with Gasteiger partial charge >= 0.3 is 0 Å². The molecule has 1 amide bonds. The van der Waals surface area contributed by atoms with Gasteiger partial charge in [-0.1, -0.05) is 74.5 Å². The monoisotopic (exact) mass is 704 g/mol. The van der Waals surface area contributed by atoms with Gasteiger partial charge in [-0.15, -0.1) is 0 Å². The number of fused-ring (bicyclic) bond motifs is 1.